The van der Waals surface area contributed by atoms with Crippen molar-refractivity contribution in [3.8, 4) is 11.3 Å². The molecule has 0 bridgehead atoms. The smallest absolute Gasteiger partial charge is 0.206 e. The van der Waals surface area contributed by atoms with Crippen LogP contribution in [0.5, 0.6) is 0 Å². The fourth-order valence-corrected chi connectivity index (χ4v) is 5.18. The Balaban J connectivity index is 1.12. The van der Waals surface area contributed by atoms with Crippen LogP contribution < -0.4 is 10.6 Å². The zero-order valence-electron chi connectivity index (χ0n) is 22.5. The third-order valence-electron chi connectivity index (χ3n) is 7.70. The molecule has 0 radical (unpaired) electrons. The minimum atomic E-state index is 0.234. The molecule has 1 aliphatic carbocycles. The van der Waals surface area contributed by atoms with E-state index in [0.29, 0.717) is 12.0 Å². The first-order valence-electron chi connectivity index (χ1n) is 13.7. The van der Waals surface area contributed by atoms with Gasteiger partial charge in [0.15, 0.2) is 0 Å². The average molecular weight is 512 g/mol. The van der Waals surface area contributed by atoms with Gasteiger partial charge in [-0.05, 0) is 69.9 Å². The molecule has 0 spiro atoms. The lowest BCUT2D eigenvalue weighted by molar-refractivity contribution is 0.0591. The summed E-state index contributed by atoms with van der Waals surface area (Å²) in [5.41, 5.74) is 5.25. The Morgan fingerprint density at radius 3 is 2.55 bits per heavy atom. The first-order chi connectivity index (χ1) is 18.4. The lowest BCUT2D eigenvalue weighted by Gasteiger charge is -2.42. The van der Waals surface area contributed by atoms with Gasteiger partial charge in [-0.2, -0.15) is 0 Å². The van der Waals surface area contributed by atoms with E-state index in [4.69, 9.17) is 4.98 Å². The normalized spacial score (nSPS) is 17.4. The standard InChI is InChI=1S/C29H37N9/c1-29(2,3)38-13-11-37(12-14-38)18-20-9-10-30-26(15-20)36-28-34-23-8-7-21(16-25(23)35-28)24-17-27(32-19-31-24)33-22-5-4-6-22/h7-10,15-17,19,22H,4-6,11-14,18H2,1-3H3,(H,31,32,33)(H2,30,34,35,36). The third-order valence-corrected chi connectivity index (χ3v) is 7.70. The summed E-state index contributed by atoms with van der Waals surface area (Å²) in [4.78, 5) is 26.6. The highest BCUT2D eigenvalue weighted by atomic mass is 15.3. The van der Waals surface area contributed by atoms with Gasteiger partial charge < -0.3 is 15.6 Å². The molecule has 9 heteroatoms. The maximum absolute atomic E-state index is 4.73. The van der Waals surface area contributed by atoms with Gasteiger partial charge in [0.2, 0.25) is 5.95 Å². The Labute approximate surface area is 224 Å². The topological polar surface area (TPSA) is 97.9 Å². The molecule has 38 heavy (non-hydrogen) atoms. The van der Waals surface area contributed by atoms with Crippen LogP contribution in [0.2, 0.25) is 0 Å². The minimum Gasteiger partial charge on any atom is -0.367 e. The van der Waals surface area contributed by atoms with E-state index in [-0.39, 0.29) is 5.54 Å². The van der Waals surface area contributed by atoms with Crippen LogP contribution in [-0.4, -0.2) is 72.5 Å². The van der Waals surface area contributed by atoms with Crippen molar-refractivity contribution in [3.05, 3.63) is 54.5 Å². The van der Waals surface area contributed by atoms with E-state index in [2.05, 4.69) is 85.4 Å². The summed E-state index contributed by atoms with van der Waals surface area (Å²) >= 11 is 0. The number of imidazole rings is 1. The van der Waals surface area contributed by atoms with E-state index < -0.39 is 0 Å². The zero-order valence-corrected chi connectivity index (χ0v) is 22.5. The summed E-state index contributed by atoms with van der Waals surface area (Å²) in [7, 11) is 0. The van der Waals surface area contributed by atoms with Crippen LogP contribution in [0.3, 0.4) is 0 Å². The molecule has 2 fully saturated rings. The molecule has 6 rings (SSSR count). The first kappa shape index (κ1) is 24.8. The molecule has 1 aliphatic heterocycles. The molecule has 1 saturated carbocycles. The number of hydrogen-bond donors (Lipinski definition) is 3. The van der Waals surface area contributed by atoms with E-state index in [1.807, 2.05) is 18.3 Å². The molecule has 3 aromatic heterocycles. The van der Waals surface area contributed by atoms with Gasteiger partial charge in [-0.3, -0.25) is 9.80 Å². The van der Waals surface area contributed by atoms with Gasteiger partial charge in [-0.1, -0.05) is 6.07 Å². The second-order valence-electron chi connectivity index (χ2n) is 11.5. The lowest BCUT2D eigenvalue weighted by atomic mass is 9.93. The van der Waals surface area contributed by atoms with Gasteiger partial charge in [0.1, 0.15) is 18.0 Å². The predicted octanol–water partition coefficient (Wildman–Crippen LogP) is 5.04. The fraction of sp³-hybridized carbons (Fsp3) is 0.448. The number of nitrogens with zero attached hydrogens (tertiary/aromatic N) is 6. The summed E-state index contributed by atoms with van der Waals surface area (Å²) < 4.78 is 0. The predicted molar refractivity (Wildman–Crippen MR) is 153 cm³/mol. The molecule has 1 saturated heterocycles. The van der Waals surface area contributed by atoms with Crippen LogP contribution in [0.4, 0.5) is 17.6 Å². The summed E-state index contributed by atoms with van der Waals surface area (Å²) in [6.45, 7) is 12.2. The van der Waals surface area contributed by atoms with E-state index >= 15 is 0 Å². The minimum absolute atomic E-state index is 0.234. The number of H-pyrrole nitrogens is 1. The van der Waals surface area contributed by atoms with Gasteiger partial charge in [0, 0.05) is 62.1 Å². The quantitative estimate of drug-likeness (QED) is 0.318. The molecule has 4 aromatic rings. The van der Waals surface area contributed by atoms with E-state index in [9.17, 15) is 0 Å². The SMILES string of the molecule is CC(C)(C)N1CCN(Cc2ccnc(Nc3nc4ccc(-c5cc(NC6CCC6)ncn5)cc4[nH]3)c2)CC1. The van der Waals surface area contributed by atoms with Gasteiger partial charge >= 0.3 is 0 Å². The maximum Gasteiger partial charge on any atom is 0.206 e. The molecule has 0 unspecified atom stereocenters. The second-order valence-corrected chi connectivity index (χ2v) is 11.5. The molecular weight excluding hydrogens is 474 g/mol. The van der Waals surface area contributed by atoms with Crippen molar-refractivity contribution in [1.82, 2.24) is 34.7 Å². The average Bonchev–Trinajstić information content (AvgIpc) is 3.28. The number of anilines is 3. The summed E-state index contributed by atoms with van der Waals surface area (Å²) in [6.07, 6.45) is 7.21. The highest BCUT2D eigenvalue weighted by molar-refractivity contribution is 5.83. The van der Waals surface area contributed by atoms with Crippen LogP contribution in [0, 0.1) is 0 Å². The van der Waals surface area contributed by atoms with Crippen LogP contribution in [0.15, 0.2) is 48.9 Å². The summed E-state index contributed by atoms with van der Waals surface area (Å²) in [5, 5.41) is 6.86. The lowest BCUT2D eigenvalue weighted by Crippen LogP contribution is -2.53. The number of aromatic amines is 1. The Morgan fingerprint density at radius 1 is 0.947 bits per heavy atom. The molecular formula is C29H37N9. The molecule has 4 heterocycles. The number of piperazine rings is 1. The number of benzene rings is 1. The van der Waals surface area contributed by atoms with Crippen molar-refractivity contribution < 1.29 is 0 Å². The Hall–Kier alpha value is -3.56. The molecule has 0 atom stereocenters. The highest BCUT2D eigenvalue weighted by Gasteiger charge is 2.25. The Bertz CT molecular complexity index is 1390. The summed E-state index contributed by atoms with van der Waals surface area (Å²) in [6, 6.07) is 12.9. The van der Waals surface area contributed by atoms with Crippen molar-refractivity contribution >= 4 is 28.6 Å². The number of rotatable bonds is 7. The number of aromatic nitrogens is 5. The van der Waals surface area contributed by atoms with E-state index in [1.54, 1.807) is 6.33 Å². The monoisotopic (exact) mass is 511 g/mol. The van der Waals surface area contributed by atoms with Crippen LogP contribution in [0.25, 0.3) is 22.3 Å². The van der Waals surface area contributed by atoms with Crippen molar-refractivity contribution in [3.63, 3.8) is 0 Å². The number of nitrogens with one attached hydrogen (secondary N) is 3. The van der Waals surface area contributed by atoms with Crippen molar-refractivity contribution in [2.75, 3.05) is 36.8 Å². The first-order valence-corrected chi connectivity index (χ1v) is 13.7. The van der Waals surface area contributed by atoms with Crippen molar-refractivity contribution in [2.45, 2.75) is 58.2 Å². The number of hydrogen-bond acceptors (Lipinski definition) is 8. The van der Waals surface area contributed by atoms with Crippen molar-refractivity contribution in [2.24, 2.45) is 0 Å². The zero-order chi connectivity index (χ0) is 26.1. The van der Waals surface area contributed by atoms with Crippen LogP contribution in [0.1, 0.15) is 45.6 Å². The fourth-order valence-electron chi connectivity index (χ4n) is 5.18. The van der Waals surface area contributed by atoms with E-state index in [1.165, 1.54) is 24.8 Å². The third kappa shape index (κ3) is 5.63. The Kier molecular flexibility index (Phi) is 6.71. The number of fused-ring (bicyclic) bond motifs is 1. The van der Waals surface area contributed by atoms with Crippen LogP contribution >= 0.6 is 0 Å². The van der Waals surface area contributed by atoms with E-state index in [0.717, 1.165) is 66.7 Å². The van der Waals surface area contributed by atoms with Crippen molar-refractivity contribution in [1.29, 1.82) is 0 Å². The van der Waals surface area contributed by atoms with Gasteiger partial charge in [-0.15, -0.1) is 0 Å². The molecule has 3 N–H and O–H groups in total. The summed E-state index contributed by atoms with van der Waals surface area (Å²) in [5.74, 6) is 2.35. The maximum atomic E-state index is 4.73. The van der Waals surface area contributed by atoms with Gasteiger partial charge in [-0.25, -0.2) is 19.9 Å². The Morgan fingerprint density at radius 2 is 1.79 bits per heavy atom. The van der Waals surface area contributed by atoms with Gasteiger partial charge in [0.05, 0.1) is 16.7 Å². The molecule has 1 aromatic carbocycles. The largest absolute Gasteiger partial charge is 0.367 e. The van der Waals surface area contributed by atoms with Crippen LogP contribution in [-0.2, 0) is 6.54 Å². The molecule has 198 valence electrons. The molecule has 2 aliphatic rings. The van der Waals surface area contributed by atoms with Gasteiger partial charge in [0.25, 0.3) is 0 Å². The number of pyridine rings is 1. The molecule has 9 nitrogen and oxygen atoms in total. The highest BCUT2D eigenvalue weighted by Crippen LogP contribution is 2.27. The second kappa shape index (κ2) is 10.3. The molecule has 0 amide bonds.